The number of nitrogens with zero attached hydrogens (tertiary/aromatic N) is 4. The molecule has 3 N–H and O–H groups in total. The molecule has 10 heteroatoms. The molecule has 9 nitrogen and oxygen atoms in total. The van der Waals surface area contributed by atoms with Gasteiger partial charge in [0.05, 0.1) is 16.1 Å². The molecule has 3 aromatic rings. The molecule has 0 spiro atoms. The van der Waals surface area contributed by atoms with Gasteiger partial charge in [0.1, 0.15) is 6.33 Å². The van der Waals surface area contributed by atoms with Crippen LogP contribution < -0.4 is 10.5 Å². The van der Waals surface area contributed by atoms with Crippen molar-refractivity contribution in [2.24, 2.45) is 5.14 Å². The van der Waals surface area contributed by atoms with Crippen molar-refractivity contribution in [1.29, 1.82) is 0 Å². The van der Waals surface area contributed by atoms with Crippen molar-refractivity contribution < 1.29 is 13.2 Å². The van der Waals surface area contributed by atoms with E-state index in [0.29, 0.717) is 11.3 Å². The molecule has 0 saturated carbocycles. The molecule has 140 valence electrons. The van der Waals surface area contributed by atoms with Crippen LogP contribution in [-0.4, -0.2) is 34.5 Å². The highest BCUT2D eigenvalue weighted by Gasteiger charge is 2.17. The van der Waals surface area contributed by atoms with E-state index < -0.39 is 10.0 Å². The average Bonchev–Trinajstić information content (AvgIpc) is 3.15. The third-order valence-corrected chi connectivity index (χ3v) is 5.16. The summed E-state index contributed by atoms with van der Waals surface area (Å²) in [6, 6.07) is 9.59. The molecule has 1 amide bonds. The molecule has 2 aromatic carbocycles. The Bertz CT molecular complexity index is 1080. The standard InChI is InChI=1S/C17H18N6O3S/c1-11-3-8-15(16(12(11)2)23-10-20-21-22-23)17(24)19-9-13-4-6-14(7-5-13)27(18,25)26/h3-8,10H,9H2,1-2H3,(H,19,24)(H2,18,25,26). The molecule has 1 aromatic heterocycles. The SMILES string of the molecule is Cc1ccc(C(=O)NCc2ccc(S(N)(=O)=O)cc2)c(-n2cnnn2)c1C. The number of sulfonamides is 1. The maximum Gasteiger partial charge on any atom is 0.253 e. The number of tetrazole rings is 1. The monoisotopic (exact) mass is 386 g/mol. The molecule has 0 bridgehead atoms. The van der Waals surface area contributed by atoms with Gasteiger partial charge in [-0.15, -0.1) is 5.10 Å². The van der Waals surface area contributed by atoms with Crippen LogP contribution in [0.25, 0.3) is 5.69 Å². The van der Waals surface area contributed by atoms with E-state index >= 15 is 0 Å². The molecule has 0 saturated heterocycles. The maximum atomic E-state index is 12.7. The third kappa shape index (κ3) is 4.01. The highest BCUT2D eigenvalue weighted by molar-refractivity contribution is 7.89. The largest absolute Gasteiger partial charge is 0.348 e. The van der Waals surface area contributed by atoms with Crippen LogP contribution >= 0.6 is 0 Å². The number of carbonyl (C=O) groups is 1. The molecule has 3 rings (SSSR count). The van der Waals surface area contributed by atoms with Crippen molar-refractivity contribution in [2.75, 3.05) is 0 Å². The number of benzene rings is 2. The first-order valence-corrected chi connectivity index (χ1v) is 9.55. The summed E-state index contributed by atoms with van der Waals surface area (Å²) in [5.74, 6) is -0.292. The van der Waals surface area contributed by atoms with Gasteiger partial charge in [-0.3, -0.25) is 4.79 Å². The van der Waals surface area contributed by atoms with Gasteiger partial charge in [-0.25, -0.2) is 13.6 Å². The molecule has 0 aliphatic carbocycles. The van der Waals surface area contributed by atoms with E-state index in [2.05, 4.69) is 20.8 Å². The molecule has 0 fully saturated rings. The molecule has 0 atom stereocenters. The summed E-state index contributed by atoms with van der Waals surface area (Å²) in [5, 5.41) is 19.1. The first kappa shape index (κ1) is 18.7. The van der Waals surface area contributed by atoms with Crippen LogP contribution in [-0.2, 0) is 16.6 Å². The van der Waals surface area contributed by atoms with Gasteiger partial charge in [0.2, 0.25) is 10.0 Å². The van der Waals surface area contributed by atoms with E-state index in [9.17, 15) is 13.2 Å². The Hall–Kier alpha value is -3.11. The van der Waals surface area contributed by atoms with E-state index in [1.165, 1.54) is 23.1 Å². The number of carbonyl (C=O) groups excluding carboxylic acids is 1. The summed E-state index contributed by atoms with van der Waals surface area (Å²) in [4.78, 5) is 12.7. The highest BCUT2D eigenvalue weighted by Crippen LogP contribution is 2.21. The Morgan fingerprint density at radius 3 is 2.44 bits per heavy atom. The molecule has 0 radical (unpaired) electrons. The van der Waals surface area contributed by atoms with E-state index in [1.807, 2.05) is 19.9 Å². The van der Waals surface area contributed by atoms with Crippen LogP contribution in [0.3, 0.4) is 0 Å². The number of rotatable bonds is 5. The number of aryl methyl sites for hydroxylation is 1. The second-order valence-electron chi connectivity index (χ2n) is 6.03. The zero-order valence-corrected chi connectivity index (χ0v) is 15.6. The molecule has 1 heterocycles. The molecule has 0 aliphatic rings. The second-order valence-corrected chi connectivity index (χ2v) is 7.59. The summed E-state index contributed by atoms with van der Waals surface area (Å²) in [6.45, 7) is 4.07. The van der Waals surface area contributed by atoms with E-state index in [4.69, 9.17) is 5.14 Å². The van der Waals surface area contributed by atoms with Crippen LogP contribution in [0.5, 0.6) is 0 Å². The fourth-order valence-corrected chi connectivity index (χ4v) is 3.13. The highest BCUT2D eigenvalue weighted by atomic mass is 32.2. The zero-order valence-electron chi connectivity index (χ0n) is 14.7. The molecular formula is C17H18N6O3S. The van der Waals surface area contributed by atoms with Crippen LogP contribution in [0, 0.1) is 13.8 Å². The van der Waals surface area contributed by atoms with Gasteiger partial charge in [0.15, 0.2) is 0 Å². The van der Waals surface area contributed by atoms with Crippen molar-refractivity contribution in [1.82, 2.24) is 25.5 Å². The lowest BCUT2D eigenvalue weighted by Gasteiger charge is -2.14. The predicted molar refractivity (Wildman–Crippen MR) is 97.6 cm³/mol. The normalized spacial score (nSPS) is 11.4. The van der Waals surface area contributed by atoms with Gasteiger partial charge >= 0.3 is 0 Å². The Morgan fingerprint density at radius 1 is 1.15 bits per heavy atom. The number of aromatic nitrogens is 4. The molecular weight excluding hydrogens is 368 g/mol. The fourth-order valence-electron chi connectivity index (χ4n) is 2.62. The number of nitrogens with one attached hydrogen (secondary N) is 1. The Kier molecular flexibility index (Phi) is 5.02. The average molecular weight is 386 g/mol. The smallest absolute Gasteiger partial charge is 0.253 e. The number of amides is 1. The summed E-state index contributed by atoms with van der Waals surface area (Å²) >= 11 is 0. The predicted octanol–water partition coefficient (Wildman–Crippen LogP) is 0.857. The number of hydrogen-bond donors (Lipinski definition) is 2. The van der Waals surface area contributed by atoms with Crippen molar-refractivity contribution in [2.45, 2.75) is 25.3 Å². The molecule has 27 heavy (non-hydrogen) atoms. The quantitative estimate of drug-likeness (QED) is 0.668. The Balaban J connectivity index is 1.82. The van der Waals surface area contributed by atoms with Crippen molar-refractivity contribution in [3.8, 4) is 5.69 Å². The minimum absolute atomic E-state index is 0.0210. The van der Waals surface area contributed by atoms with Gasteiger partial charge in [0.25, 0.3) is 5.91 Å². The topological polar surface area (TPSA) is 133 Å². The number of nitrogens with two attached hydrogens (primary N) is 1. The van der Waals surface area contributed by atoms with E-state index in [-0.39, 0.29) is 17.3 Å². The fraction of sp³-hybridized carbons (Fsp3) is 0.176. The lowest BCUT2D eigenvalue weighted by atomic mass is 10.0. The van der Waals surface area contributed by atoms with Crippen LogP contribution in [0.15, 0.2) is 47.6 Å². The minimum Gasteiger partial charge on any atom is -0.348 e. The lowest BCUT2D eigenvalue weighted by Crippen LogP contribution is -2.25. The second kappa shape index (κ2) is 7.25. The number of hydrogen-bond acceptors (Lipinski definition) is 6. The molecule has 0 aliphatic heterocycles. The summed E-state index contributed by atoms with van der Waals surface area (Å²) < 4.78 is 24.0. The zero-order chi connectivity index (χ0) is 19.6. The Morgan fingerprint density at radius 2 is 1.85 bits per heavy atom. The van der Waals surface area contributed by atoms with Crippen LogP contribution in [0.4, 0.5) is 0 Å². The van der Waals surface area contributed by atoms with Crippen molar-refractivity contribution in [3.63, 3.8) is 0 Å². The number of primary sulfonamides is 1. The first-order chi connectivity index (χ1) is 12.8. The molecule has 0 unspecified atom stereocenters. The van der Waals surface area contributed by atoms with Gasteiger partial charge in [-0.1, -0.05) is 18.2 Å². The maximum absolute atomic E-state index is 12.7. The first-order valence-electron chi connectivity index (χ1n) is 8.01. The van der Waals surface area contributed by atoms with Crippen molar-refractivity contribution in [3.05, 3.63) is 65.0 Å². The summed E-state index contributed by atoms with van der Waals surface area (Å²) in [5.41, 5.74) is 3.69. The summed E-state index contributed by atoms with van der Waals surface area (Å²) in [7, 11) is -3.74. The lowest BCUT2D eigenvalue weighted by molar-refractivity contribution is 0.0950. The summed E-state index contributed by atoms with van der Waals surface area (Å²) in [6.07, 6.45) is 1.44. The van der Waals surface area contributed by atoms with Gasteiger partial charge in [-0.2, -0.15) is 4.68 Å². The van der Waals surface area contributed by atoms with E-state index in [1.54, 1.807) is 18.2 Å². The van der Waals surface area contributed by atoms with E-state index in [0.717, 1.165) is 16.7 Å². The van der Waals surface area contributed by atoms with Crippen molar-refractivity contribution >= 4 is 15.9 Å². The Labute approximate surface area is 156 Å². The van der Waals surface area contributed by atoms with Gasteiger partial charge in [0, 0.05) is 6.54 Å². The minimum atomic E-state index is -3.74. The van der Waals surface area contributed by atoms with Crippen LogP contribution in [0.1, 0.15) is 27.0 Å². The van der Waals surface area contributed by atoms with Gasteiger partial charge in [-0.05, 0) is 59.2 Å². The van der Waals surface area contributed by atoms with Gasteiger partial charge < -0.3 is 5.32 Å². The van der Waals surface area contributed by atoms with Crippen LogP contribution in [0.2, 0.25) is 0 Å². The third-order valence-electron chi connectivity index (χ3n) is 4.23.